The fraction of sp³-hybridized carbons (Fsp3) is 0.100. The molecule has 124 valence electrons. The maximum absolute atomic E-state index is 12.4. The van der Waals surface area contributed by atoms with Gasteiger partial charge in [-0.1, -0.05) is 12.1 Å². The van der Waals surface area contributed by atoms with E-state index in [2.05, 4.69) is 10.3 Å². The first-order chi connectivity index (χ1) is 12.3. The minimum absolute atomic E-state index is 0.180. The van der Waals surface area contributed by atoms with E-state index >= 15 is 0 Å². The highest BCUT2D eigenvalue weighted by Crippen LogP contribution is 2.32. The van der Waals surface area contributed by atoms with Gasteiger partial charge in [0.25, 0.3) is 5.91 Å². The minimum atomic E-state index is -0.180. The average Bonchev–Trinajstić information content (AvgIpc) is 3.12. The fourth-order valence-electron chi connectivity index (χ4n) is 2.68. The Bertz CT molecular complexity index is 893. The van der Waals surface area contributed by atoms with Gasteiger partial charge in [-0.3, -0.25) is 9.78 Å². The van der Waals surface area contributed by atoms with Crippen molar-refractivity contribution in [2.45, 2.75) is 6.42 Å². The van der Waals surface area contributed by atoms with Crippen LogP contribution in [-0.4, -0.2) is 17.7 Å². The van der Waals surface area contributed by atoms with Crippen molar-refractivity contribution in [3.05, 3.63) is 83.7 Å². The SMILES string of the molecule is O=C(Nc1ccc(Cc2ccncc2)cc1)c1ccc2c(c1)OCO2. The molecule has 1 aliphatic heterocycles. The molecule has 0 spiro atoms. The molecule has 0 unspecified atom stereocenters. The van der Waals surface area contributed by atoms with Crippen molar-refractivity contribution in [1.29, 1.82) is 0 Å². The number of benzene rings is 2. The van der Waals surface area contributed by atoms with Gasteiger partial charge in [-0.15, -0.1) is 0 Å². The third-order valence-corrected chi connectivity index (χ3v) is 4.00. The molecule has 0 aliphatic carbocycles. The monoisotopic (exact) mass is 332 g/mol. The first-order valence-electron chi connectivity index (χ1n) is 7.97. The van der Waals surface area contributed by atoms with E-state index in [0.717, 1.165) is 12.1 Å². The molecule has 0 saturated heterocycles. The number of anilines is 1. The summed E-state index contributed by atoms with van der Waals surface area (Å²) in [6.07, 6.45) is 4.41. The highest BCUT2D eigenvalue weighted by atomic mass is 16.7. The molecule has 1 amide bonds. The molecular formula is C20H16N2O3. The highest BCUT2D eigenvalue weighted by Gasteiger charge is 2.16. The number of aromatic nitrogens is 1. The summed E-state index contributed by atoms with van der Waals surface area (Å²) in [7, 11) is 0. The number of ether oxygens (including phenoxy) is 2. The lowest BCUT2D eigenvalue weighted by Crippen LogP contribution is -2.11. The quantitative estimate of drug-likeness (QED) is 0.792. The molecular weight excluding hydrogens is 316 g/mol. The lowest BCUT2D eigenvalue weighted by Gasteiger charge is -2.07. The Hall–Kier alpha value is -3.34. The van der Waals surface area contributed by atoms with Gasteiger partial charge < -0.3 is 14.8 Å². The predicted molar refractivity (Wildman–Crippen MR) is 94.0 cm³/mol. The Morgan fingerprint density at radius 3 is 2.44 bits per heavy atom. The van der Waals surface area contributed by atoms with Crippen LogP contribution >= 0.6 is 0 Å². The largest absolute Gasteiger partial charge is 0.454 e. The lowest BCUT2D eigenvalue weighted by molar-refractivity contribution is 0.102. The van der Waals surface area contributed by atoms with Crippen LogP contribution in [0.25, 0.3) is 0 Å². The van der Waals surface area contributed by atoms with Crippen LogP contribution in [0.4, 0.5) is 5.69 Å². The van der Waals surface area contributed by atoms with Crippen molar-refractivity contribution in [3.8, 4) is 11.5 Å². The second-order valence-electron chi connectivity index (χ2n) is 5.75. The molecule has 4 rings (SSSR count). The summed E-state index contributed by atoms with van der Waals surface area (Å²) in [5, 5.41) is 2.90. The van der Waals surface area contributed by atoms with Gasteiger partial charge in [-0.25, -0.2) is 0 Å². The van der Waals surface area contributed by atoms with Crippen LogP contribution in [0.3, 0.4) is 0 Å². The standard InChI is InChI=1S/C20H16N2O3/c23-20(16-3-6-18-19(12-16)25-13-24-18)22-17-4-1-14(2-5-17)11-15-7-9-21-10-8-15/h1-10,12H,11,13H2,(H,22,23). The number of pyridine rings is 1. The average molecular weight is 332 g/mol. The number of carbonyl (C=O) groups excluding carboxylic acids is 1. The molecule has 0 bridgehead atoms. The van der Waals surface area contributed by atoms with Crippen molar-refractivity contribution in [2.75, 3.05) is 12.1 Å². The molecule has 25 heavy (non-hydrogen) atoms. The first-order valence-corrected chi connectivity index (χ1v) is 7.97. The summed E-state index contributed by atoms with van der Waals surface area (Å²) in [5.41, 5.74) is 3.66. The van der Waals surface area contributed by atoms with E-state index in [-0.39, 0.29) is 12.7 Å². The molecule has 1 aliphatic rings. The van der Waals surface area contributed by atoms with Crippen molar-refractivity contribution >= 4 is 11.6 Å². The number of nitrogens with zero attached hydrogens (tertiary/aromatic N) is 1. The maximum atomic E-state index is 12.4. The maximum Gasteiger partial charge on any atom is 0.255 e. The number of amides is 1. The summed E-state index contributed by atoms with van der Waals surface area (Å²) in [4.78, 5) is 16.4. The number of hydrogen-bond acceptors (Lipinski definition) is 4. The number of rotatable bonds is 4. The highest BCUT2D eigenvalue weighted by molar-refractivity contribution is 6.04. The molecule has 1 aromatic heterocycles. The van der Waals surface area contributed by atoms with Gasteiger partial charge in [0.2, 0.25) is 6.79 Å². The lowest BCUT2D eigenvalue weighted by atomic mass is 10.1. The van der Waals surface area contributed by atoms with Gasteiger partial charge in [0.15, 0.2) is 11.5 Å². The van der Waals surface area contributed by atoms with Gasteiger partial charge in [0.1, 0.15) is 0 Å². The van der Waals surface area contributed by atoms with E-state index in [1.165, 1.54) is 11.1 Å². The zero-order valence-corrected chi connectivity index (χ0v) is 13.4. The van der Waals surface area contributed by atoms with Crippen LogP contribution < -0.4 is 14.8 Å². The summed E-state index contributed by atoms with van der Waals surface area (Å²) in [6.45, 7) is 0.194. The molecule has 2 aromatic carbocycles. The minimum Gasteiger partial charge on any atom is -0.454 e. The van der Waals surface area contributed by atoms with Crippen LogP contribution in [0.2, 0.25) is 0 Å². The molecule has 1 N–H and O–H groups in total. The molecule has 5 nitrogen and oxygen atoms in total. The van der Waals surface area contributed by atoms with Crippen LogP contribution in [0.15, 0.2) is 67.0 Å². The number of fused-ring (bicyclic) bond motifs is 1. The van der Waals surface area contributed by atoms with E-state index in [1.807, 2.05) is 36.4 Å². The van der Waals surface area contributed by atoms with E-state index in [4.69, 9.17) is 9.47 Å². The van der Waals surface area contributed by atoms with Crippen LogP contribution in [0.1, 0.15) is 21.5 Å². The Morgan fingerprint density at radius 1 is 0.920 bits per heavy atom. The fourth-order valence-corrected chi connectivity index (χ4v) is 2.68. The van der Waals surface area contributed by atoms with E-state index < -0.39 is 0 Å². The van der Waals surface area contributed by atoms with Crippen LogP contribution in [0, 0.1) is 0 Å². The van der Waals surface area contributed by atoms with Gasteiger partial charge in [0, 0.05) is 23.6 Å². The Kier molecular flexibility index (Phi) is 4.04. The third-order valence-electron chi connectivity index (χ3n) is 4.00. The van der Waals surface area contributed by atoms with Gasteiger partial charge in [0.05, 0.1) is 0 Å². The third kappa shape index (κ3) is 3.45. The second kappa shape index (κ2) is 6.65. The molecule has 3 aromatic rings. The molecule has 0 atom stereocenters. The summed E-state index contributed by atoms with van der Waals surface area (Å²) in [6, 6.07) is 17.0. The smallest absolute Gasteiger partial charge is 0.255 e. The number of hydrogen-bond donors (Lipinski definition) is 1. The zero-order chi connectivity index (χ0) is 17.1. The Labute approximate surface area is 145 Å². The normalized spacial score (nSPS) is 12.0. The van der Waals surface area contributed by atoms with Gasteiger partial charge in [-0.2, -0.15) is 0 Å². The Morgan fingerprint density at radius 2 is 1.64 bits per heavy atom. The second-order valence-corrected chi connectivity index (χ2v) is 5.75. The van der Waals surface area contributed by atoms with Gasteiger partial charge in [-0.05, 0) is 60.0 Å². The first kappa shape index (κ1) is 15.2. The van der Waals surface area contributed by atoms with Crippen molar-refractivity contribution in [1.82, 2.24) is 4.98 Å². The molecule has 0 fully saturated rings. The Balaban J connectivity index is 1.43. The summed E-state index contributed by atoms with van der Waals surface area (Å²) >= 11 is 0. The van der Waals surface area contributed by atoms with E-state index in [9.17, 15) is 4.79 Å². The number of carbonyl (C=O) groups is 1. The van der Waals surface area contributed by atoms with Crippen molar-refractivity contribution < 1.29 is 14.3 Å². The molecule has 2 heterocycles. The number of nitrogens with one attached hydrogen (secondary N) is 1. The molecule has 0 saturated carbocycles. The van der Waals surface area contributed by atoms with Gasteiger partial charge >= 0.3 is 0 Å². The van der Waals surface area contributed by atoms with Crippen LogP contribution in [-0.2, 0) is 6.42 Å². The van der Waals surface area contributed by atoms with E-state index in [1.54, 1.807) is 30.6 Å². The van der Waals surface area contributed by atoms with Crippen LogP contribution in [0.5, 0.6) is 11.5 Å². The van der Waals surface area contributed by atoms with Crippen molar-refractivity contribution in [2.24, 2.45) is 0 Å². The molecule has 0 radical (unpaired) electrons. The van der Waals surface area contributed by atoms with Crippen molar-refractivity contribution in [3.63, 3.8) is 0 Å². The molecule has 5 heteroatoms. The summed E-state index contributed by atoms with van der Waals surface area (Å²) in [5.74, 6) is 1.08. The summed E-state index contributed by atoms with van der Waals surface area (Å²) < 4.78 is 10.6. The zero-order valence-electron chi connectivity index (χ0n) is 13.4. The predicted octanol–water partition coefficient (Wildman–Crippen LogP) is 3.65. The van der Waals surface area contributed by atoms with E-state index in [0.29, 0.717) is 17.1 Å². The topological polar surface area (TPSA) is 60.5 Å².